The van der Waals surface area contributed by atoms with Crippen LogP contribution in [0.5, 0.6) is 0 Å². The lowest BCUT2D eigenvalue weighted by molar-refractivity contribution is 0.770. The van der Waals surface area contributed by atoms with Gasteiger partial charge in [-0.2, -0.15) is 10.4 Å². The third-order valence-electron chi connectivity index (χ3n) is 3.76. The molecule has 0 radical (unpaired) electrons. The predicted molar refractivity (Wildman–Crippen MR) is 91.9 cm³/mol. The van der Waals surface area contributed by atoms with Gasteiger partial charge in [0.05, 0.1) is 11.2 Å². The molecule has 4 rings (SSSR count). The molecule has 8 nitrogen and oxygen atoms in total. The minimum Gasteiger partial charge on any atom is -0.381 e. The summed E-state index contributed by atoms with van der Waals surface area (Å²) in [5.74, 6) is 0.0797. The van der Waals surface area contributed by atoms with E-state index in [1.807, 2.05) is 43.6 Å². The summed E-state index contributed by atoms with van der Waals surface area (Å²) in [6.45, 7) is 0. The maximum absolute atomic E-state index is 9.25. The number of hydrogen-bond acceptors (Lipinski definition) is 7. The number of aromatic nitrogens is 6. The van der Waals surface area contributed by atoms with E-state index in [-0.39, 0.29) is 11.5 Å². The molecule has 0 atom stereocenters. The van der Waals surface area contributed by atoms with Crippen molar-refractivity contribution in [3.8, 4) is 28.7 Å². The van der Waals surface area contributed by atoms with Gasteiger partial charge in [0.2, 0.25) is 0 Å². The first-order chi connectivity index (χ1) is 12.2. The van der Waals surface area contributed by atoms with Gasteiger partial charge < -0.3 is 5.73 Å². The molecule has 0 fully saturated rings. The highest BCUT2D eigenvalue weighted by molar-refractivity contribution is 5.86. The Kier molecular flexibility index (Phi) is 3.32. The Morgan fingerprint density at radius 3 is 2.80 bits per heavy atom. The fourth-order valence-electron chi connectivity index (χ4n) is 2.58. The first kappa shape index (κ1) is 14.7. The van der Waals surface area contributed by atoms with Crippen molar-refractivity contribution in [1.29, 1.82) is 5.26 Å². The van der Waals surface area contributed by atoms with Crippen LogP contribution < -0.4 is 5.73 Å². The zero-order valence-corrected chi connectivity index (χ0v) is 13.2. The molecule has 0 bridgehead atoms. The van der Waals surface area contributed by atoms with Gasteiger partial charge in [-0.05, 0) is 18.2 Å². The lowest BCUT2D eigenvalue weighted by Gasteiger charge is -2.09. The van der Waals surface area contributed by atoms with Crippen LogP contribution in [0.3, 0.4) is 0 Å². The van der Waals surface area contributed by atoms with Crippen LogP contribution in [0.15, 0.2) is 43.0 Å². The van der Waals surface area contributed by atoms with Crippen molar-refractivity contribution >= 4 is 16.7 Å². The highest BCUT2D eigenvalue weighted by Gasteiger charge is 2.17. The Hall–Kier alpha value is -3.86. The zero-order chi connectivity index (χ0) is 17.4. The molecule has 0 unspecified atom stereocenters. The van der Waals surface area contributed by atoms with E-state index in [0.29, 0.717) is 17.1 Å². The van der Waals surface area contributed by atoms with Gasteiger partial charge in [0, 0.05) is 30.4 Å². The molecule has 0 saturated heterocycles. The highest BCUT2D eigenvalue weighted by Crippen LogP contribution is 2.31. The number of benzene rings is 1. The van der Waals surface area contributed by atoms with E-state index in [9.17, 15) is 5.26 Å². The van der Waals surface area contributed by atoms with Gasteiger partial charge in [-0.25, -0.2) is 19.9 Å². The fourth-order valence-corrected chi connectivity index (χ4v) is 2.58. The quantitative estimate of drug-likeness (QED) is 0.597. The average Bonchev–Trinajstić information content (AvgIpc) is 3.07. The van der Waals surface area contributed by atoms with E-state index in [1.165, 1.54) is 6.33 Å². The van der Waals surface area contributed by atoms with Gasteiger partial charge in [-0.15, -0.1) is 0 Å². The minimum atomic E-state index is 0.0797. The molecular weight excluding hydrogens is 316 g/mol. The Balaban J connectivity index is 1.99. The second-order valence-corrected chi connectivity index (χ2v) is 5.44. The lowest BCUT2D eigenvalue weighted by Crippen LogP contribution is -2.03. The molecule has 8 heteroatoms. The maximum atomic E-state index is 9.25. The van der Waals surface area contributed by atoms with E-state index in [1.54, 1.807) is 10.9 Å². The summed E-state index contributed by atoms with van der Waals surface area (Å²) in [6, 6.07) is 9.46. The predicted octanol–water partition coefficient (Wildman–Crippen LogP) is 1.94. The number of nitriles is 1. The van der Waals surface area contributed by atoms with Crippen LogP contribution in [0.2, 0.25) is 0 Å². The maximum Gasteiger partial charge on any atom is 0.183 e. The van der Waals surface area contributed by atoms with Gasteiger partial charge in [0.15, 0.2) is 11.5 Å². The molecule has 0 saturated carbocycles. The fraction of sp³-hybridized carbons (Fsp3) is 0.0588. The molecule has 0 aliphatic rings. The molecule has 0 aliphatic carbocycles. The van der Waals surface area contributed by atoms with E-state index >= 15 is 0 Å². The van der Waals surface area contributed by atoms with Crippen molar-refractivity contribution in [1.82, 2.24) is 29.7 Å². The topological polar surface area (TPSA) is 119 Å². The van der Waals surface area contributed by atoms with Crippen LogP contribution in [0, 0.1) is 11.3 Å². The Morgan fingerprint density at radius 1 is 1.16 bits per heavy atom. The van der Waals surface area contributed by atoms with Crippen LogP contribution in [0.4, 0.5) is 5.82 Å². The third-order valence-corrected chi connectivity index (χ3v) is 3.76. The number of rotatable bonds is 2. The Bertz CT molecular complexity index is 1140. The first-order valence-corrected chi connectivity index (χ1v) is 7.43. The smallest absolute Gasteiger partial charge is 0.183 e. The molecule has 25 heavy (non-hydrogen) atoms. The number of fused-ring (bicyclic) bond motifs is 1. The number of hydrogen-bond donors (Lipinski definition) is 1. The number of anilines is 1. The normalized spacial score (nSPS) is 10.7. The molecule has 0 amide bonds. The summed E-state index contributed by atoms with van der Waals surface area (Å²) in [5.41, 5.74) is 9.24. The van der Waals surface area contributed by atoms with Crippen LogP contribution in [0.1, 0.15) is 5.69 Å². The number of aryl methyl sites for hydroxylation is 1. The average molecular weight is 328 g/mol. The van der Waals surface area contributed by atoms with E-state index in [4.69, 9.17) is 5.73 Å². The summed E-state index contributed by atoms with van der Waals surface area (Å²) in [7, 11) is 1.82. The molecule has 2 N–H and O–H groups in total. The van der Waals surface area contributed by atoms with Crippen molar-refractivity contribution in [2.75, 3.05) is 5.73 Å². The molecule has 120 valence electrons. The standard InChI is InChI=1S/C17H12N8/c1-25-5-4-13(24-25)16-15(22-14(7-18)17(19)23-16)10-2-3-12-11(6-10)8-20-9-21-12/h2-6,8-9H,1H3,(H2,19,23). The Labute approximate surface area is 142 Å². The van der Waals surface area contributed by atoms with Crippen LogP contribution in [0.25, 0.3) is 33.5 Å². The second-order valence-electron chi connectivity index (χ2n) is 5.44. The highest BCUT2D eigenvalue weighted by atomic mass is 15.3. The lowest BCUT2D eigenvalue weighted by atomic mass is 10.1. The third kappa shape index (κ3) is 2.53. The molecular formula is C17H12N8. The van der Waals surface area contributed by atoms with Crippen molar-refractivity contribution in [2.24, 2.45) is 7.05 Å². The summed E-state index contributed by atoms with van der Waals surface area (Å²) >= 11 is 0. The van der Waals surface area contributed by atoms with Gasteiger partial charge in [0.1, 0.15) is 23.8 Å². The molecule has 0 aliphatic heterocycles. The second kappa shape index (κ2) is 5.65. The molecule has 0 spiro atoms. The van der Waals surface area contributed by atoms with Crippen molar-refractivity contribution in [3.63, 3.8) is 0 Å². The van der Waals surface area contributed by atoms with Crippen LogP contribution >= 0.6 is 0 Å². The molecule has 1 aromatic carbocycles. The number of nitrogens with zero attached hydrogens (tertiary/aromatic N) is 7. The van der Waals surface area contributed by atoms with Gasteiger partial charge in [-0.1, -0.05) is 6.07 Å². The summed E-state index contributed by atoms with van der Waals surface area (Å²) < 4.78 is 1.67. The van der Waals surface area contributed by atoms with E-state index in [0.717, 1.165) is 16.5 Å². The minimum absolute atomic E-state index is 0.0797. The number of nitrogens with two attached hydrogens (primary N) is 1. The van der Waals surface area contributed by atoms with Crippen molar-refractivity contribution in [2.45, 2.75) is 0 Å². The van der Waals surface area contributed by atoms with Crippen LogP contribution in [-0.2, 0) is 7.05 Å². The first-order valence-electron chi connectivity index (χ1n) is 7.43. The molecule has 4 aromatic rings. The largest absolute Gasteiger partial charge is 0.381 e. The molecule has 3 heterocycles. The van der Waals surface area contributed by atoms with E-state index in [2.05, 4.69) is 25.0 Å². The van der Waals surface area contributed by atoms with E-state index < -0.39 is 0 Å². The summed E-state index contributed by atoms with van der Waals surface area (Å²) in [5, 5.41) is 14.5. The monoisotopic (exact) mass is 328 g/mol. The Morgan fingerprint density at radius 2 is 2.04 bits per heavy atom. The molecule has 3 aromatic heterocycles. The zero-order valence-electron chi connectivity index (χ0n) is 13.2. The van der Waals surface area contributed by atoms with Gasteiger partial charge in [0.25, 0.3) is 0 Å². The van der Waals surface area contributed by atoms with Gasteiger partial charge >= 0.3 is 0 Å². The SMILES string of the molecule is Cn1ccc(-c2nc(N)c(C#N)nc2-c2ccc3ncncc3c2)n1. The van der Waals surface area contributed by atoms with Crippen molar-refractivity contribution < 1.29 is 0 Å². The van der Waals surface area contributed by atoms with Crippen molar-refractivity contribution in [3.05, 3.63) is 48.7 Å². The summed E-state index contributed by atoms with van der Waals surface area (Å²) in [4.78, 5) is 17.0. The van der Waals surface area contributed by atoms with Crippen LogP contribution in [-0.4, -0.2) is 29.7 Å². The van der Waals surface area contributed by atoms with Gasteiger partial charge in [-0.3, -0.25) is 4.68 Å². The summed E-state index contributed by atoms with van der Waals surface area (Å²) in [6.07, 6.45) is 5.03. The number of nitrogen functional groups attached to an aromatic ring is 1.